The first kappa shape index (κ1) is 17.4. The molecule has 4 rings (SSSR count). The first-order valence-corrected chi connectivity index (χ1v) is 9.90. The molecule has 5 nitrogen and oxygen atoms in total. The Kier molecular flexibility index (Phi) is 5.43. The van der Waals surface area contributed by atoms with E-state index in [4.69, 9.17) is 9.26 Å². The van der Waals surface area contributed by atoms with E-state index in [0.29, 0.717) is 18.5 Å². The van der Waals surface area contributed by atoms with Crippen LogP contribution in [0.5, 0.6) is 0 Å². The molecule has 1 atom stereocenters. The average Bonchev–Trinajstić information content (AvgIpc) is 3.38. The SMILES string of the molecule is Cc1ccc(-c2nc(CN(Cc3cccs3)C[C@@H]3CCCO3)no2)cc1. The summed E-state index contributed by atoms with van der Waals surface area (Å²) in [6, 6.07) is 12.4. The van der Waals surface area contributed by atoms with Crippen molar-refractivity contribution in [2.24, 2.45) is 0 Å². The van der Waals surface area contributed by atoms with Crippen LogP contribution < -0.4 is 0 Å². The molecule has 0 aliphatic carbocycles. The fourth-order valence-corrected chi connectivity index (χ4v) is 3.96. The standard InChI is InChI=1S/C20H23N3O2S/c1-15-6-8-16(9-7-15)20-21-19(22-25-20)14-23(12-17-4-2-10-24-17)13-18-5-3-11-26-18/h3,5-9,11,17H,2,4,10,12-14H2,1H3/t17-/m0/s1. The molecule has 26 heavy (non-hydrogen) atoms. The Morgan fingerprint density at radius 2 is 2.08 bits per heavy atom. The van der Waals surface area contributed by atoms with Gasteiger partial charge >= 0.3 is 0 Å². The largest absolute Gasteiger partial charge is 0.377 e. The Bertz CT molecular complexity index is 808. The summed E-state index contributed by atoms with van der Waals surface area (Å²) in [5, 5.41) is 6.31. The molecule has 6 heteroatoms. The Hall–Kier alpha value is -2.02. The summed E-state index contributed by atoms with van der Waals surface area (Å²) in [7, 11) is 0. The Labute approximate surface area is 157 Å². The van der Waals surface area contributed by atoms with Gasteiger partial charge in [-0.05, 0) is 43.3 Å². The zero-order valence-corrected chi connectivity index (χ0v) is 15.7. The van der Waals surface area contributed by atoms with Gasteiger partial charge in [-0.1, -0.05) is 28.9 Å². The number of nitrogens with zero attached hydrogens (tertiary/aromatic N) is 3. The third-order valence-corrected chi connectivity index (χ3v) is 5.44. The molecule has 1 aliphatic rings. The minimum Gasteiger partial charge on any atom is -0.377 e. The van der Waals surface area contributed by atoms with Crippen LogP contribution in [-0.2, 0) is 17.8 Å². The molecule has 1 aliphatic heterocycles. The number of benzene rings is 1. The normalized spacial score (nSPS) is 17.2. The van der Waals surface area contributed by atoms with Crippen molar-refractivity contribution in [1.82, 2.24) is 15.0 Å². The van der Waals surface area contributed by atoms with Gasteiger partial charge in [0.05, 0.1) is 12.6 Å². The molecule has 0 N–H and O–H groups in total. The number of aromatic nitrogens is 2. The second-order valence-corrected chi connectivity index (χ2v) is 7.80. The molecule has 1 aromatic carbocycles. The first-order valence-electron chi connectivity index (χ1n) is 9.02. The van der Waals surface area contributed by atoms with Gasteiger partial charge in [0.2, 0.25) is 0 Å². The van der Waals surface area contributed by atoms with E-state index >= 15 is 0 Å². The number of ether oxygens (including phenoxy) is 1. The van der Waals surface area contributed by atoms with Gasteiger partial charge in [0.25, 0.3) is 5.89 Å². The van der Waals surface area contributed by atoms with Crippen molar-refractivity contribution >= 4 is 11.3 Å². The Morgan fingerprint density at radius 1 is 1.19 bits per heavy atom. The molecule has 0 radical (unpaired) electrons. The van der Waals surface area contributed by atoms with Gasteiger partial charge in [-0.2, -0.15) is 4.98 Å². The van der Waals surface area contributed by atoms with Crippen molar-refractivity contribution in [3.63, 3.8) is 0 Å². The van der Waals surface area contributed by atoms with E-state index in [0.717, 1.165) is 43.9 Å². The van der Waals surface area contributed by atoms with E-state index in [9.17, 15) is 0 Å². The lowest BCUT2D eigenvalue weighted by Crippen LogP contribution is -2.31. The molecule has 0 amide bonds. The van der Waals surface area contributed by atoms with E-state index in [1.165, 1.54) is 10.4 Å². The van der Waals surface area contributed by atoms with Crippen molar-refractivity contribution in [2.75, 3.05) is 13.2 Å². The third kappa shape index (κ3) is 4.38. The highest BCUT2D eigenvalue weighted by Gasteiger charge is 2.21. The molecule has 136 valence electrons. The maximum absolute atomic E-state index is 5.82. The quantitative estimate of drug-likeness (QED) is 0.622. The van der Waals surface area contributed by atoms with E-state index in [1.54, 1.807) is 11.3 Å². The fraction of sp³-hybridized carbons (Fsp3) is 0.400. The third-order valence-electron chi connectivity index (χ3n) is 4.58. The molecule has 2 aromatic heterocycles. The van der Waals surface area contributed by atoms with Crippen molar-refractivity contribution in [2.45, 2.75) is 39.0 Å². The lowest BCUT2D eigenvalue weighted by Gasteiger charge is -2.23. The fourth-order valence-electron chi connectivity index (χ4n) is 3.22. The summed E-state index contributed by atoms with van der Waals surface area (Å²) < 4.78 is 11.3. The second kappa shape index (κ2) is 8.12. The van der Waals surface area contributed by atoms with Crippen LogP contribution in [0, 0.1) is 6.92 Å². The highest BCUT2D eigenvalue weighted by Crippen LogP contribution is 2.21. The van der Waals surface area contributed by atoms with E-state index in [2.05, 4.69) is 51.6 Å². The predicted molar refractivity (Wildman–Crippen MR) is 102 cm³/mol. The molecular formula is C20H23N3O2S. The zero-order chi connectivity index (χ0) is 17.8. The molecule has 0 unspecified atom stereocenters. The van der Waals surface area contributed by atoms with Gasteiger partial charge in [0.1, 0.15) is 0 Å². The molecule has 1 saturated heterocycles. The smallest absolute Gasteiger partial charge is 0.257 e. The minimum atomic E-state index is 0.304. The number of aryl methyl sites for hydroxylation is 1. The van der Waals surface area contributed by atoms with E-state index < -0.39 is 0 Å². The van der Waals surface area contributed by atoms with Gasteiger partial charge in [0.15, 0.2) is 5.82 Å². The van der Waals surface area contributed by atoms with Crippen LogP contribution in [0.2, 0.25) is 0 Å². The van der Waals surface area contributed by atoms with Gasteiger partial charge in [-0.3, -0.25) is 4.90 Å². The first-order chi connectivity index (χ1) is 12.8. The molecule has 3 heterocycles. The minimum absolute atomic E-state index is 0.304. The number of rotatable bonds is 7. The van der Waals surface area contributed by atoms with Crippen molar-refractivity contribution in [3.8, 4) is 11.5 Å². The topological polar surface area (TPSA) is 51.4 Å². The van der Waals surface area contributed by atoms with Crippen LogP contribution in [0.3, 0.4) is 0 Å². The average molecular weight is 369 g/mol. The summed E-state index contributed by atoms with van der Waals surface area (Å²) in [6.45, 7) is 5.37. The second-order valence-electron chi connectivity index (χ2n) is 6.77. The van der Waals surface area contributed by atoms with Gasteiger partial charge in [-0.15, -0.1) is 11.3 Å². The highest BCUT2D eigenvalue weighted by atomic mass is 32.1. The zero-order valence-electron chi connectivity index (χ0n) is 14.9. The maximum Gasteiger partial charge on any atom is 0.257 e. The molecule has 1 fully saturated rings. The Balaban J connectivity index is 1.46. The van der Waals surface area contributed by atoms with Crippen LogP contribution >= 0.6 is 11.3 Å². The summed E-state index contributed by atoms with van der Waals surface area (Å²) in [6.07, 6.45) is 2.58. The van der Waals surface area contributed by atoms with Gasteiger partial charge < -0.3 is 9.26 Å². The molecule has 0 saturated carbocycles. The van der Waals surface area contributed by atoms with Crippen LogP contribution in [0.4, 0.5) is 0 Å². The highest BCUT2D eigenvalue weighted by molar-refractivity contribution is 7.09. The summed E-state index contributed by atoms with van der Waals surface area (Å²) in [5.41, 5.74) is 2.17. The van der Waals surface area contributed by atoms with Crippen LogP contribution in [0.25, 0.3) is 11.5 Å². The van der Waals surface area contributed by atoms with Gasteiger partial charge in [-0.25, -0.2) is 0 Å². The predicted octanol–water partition coefficient (Wildman–Crippen LogP) is 4.29. The van der Waals surface area contributed by atoms with Gasteiger partial charge in [0, 0.05) is 30.1 Å². The number of hydrogen-bond acceptors (Lipinski definition) is 6. The Morgan fingerprint density at radius 3 is 2.81 bits per heavy atom. The molecular weight excluding hydrogens is 346 g/mol. The van der Waals surface area contributed by atoms with Crippen molar-refractivity contribution in [3.05, 3.63) is 58.0 Å². The number of hydrogen-bond donors (Lipinski definition) is 0. The summed E-state index contributed by atoms with van der Waals surface area (Å²) >= 11 is 1.78. The van der Waals surface area contributed by atoms with E-state index in [1.807, 2.05) is 12.1 Å². The summed E-state index contributed by atoms with van der Waals surface area (Å²) in [4.78, 5) is 8.29. The number of thiophene rings is 1. The van der Waals surface area contributed by atoms with E-state index in [-0.39, 0.29) is 0 Å². The lowest BCUT2D eigenvalue weighted by atomic mass is 10.1. The lowest BCUT2D eigenvalue weighted by molar-refractivity contribution is 0.0671. The van der Waals surface area contributed by atoms with Crippen molar-refractivity contribution in [1.29, 1.82) is 0 Å². The molecule has 0 spiro atoms. The van der Waals surface area contributed by atoms with Crippen LogP contribution in [-0.4, -0.2) is 34.3 Å². The van der Waals surface area contributed by atoms with Crippen LogP contribution in [0.1, 0.15) is 29.1 Å². The summed E-state index contributed by atoms with van der Waals surface area (Å²) in [5.74, 6) is 1.29. The maximum atomic E-state index is 5.82. The van der Waals surface area contributed by atoms with Crippen molar-refractivity contribution < 1.29 is 9.26 Å². The molecule has 0 bridgehead atoms. The molecule has 3 aromatic rings. The van der Waals surface area contributed by atoms with Crippen LogP contribution in [0.15, 0.2) is 46.3 Å². The monoisotopic (exact) mass is 369 g/mol.